The molecule has 0 radical (unpaired) electrons. The summed E-state index contributed by atoms with van der Waals surface area (Å²) in [6.45, 7) is 0.748. The number of benzene rings is 2. The fraction of sp³-hybridized carbons (Fsp3) is 0.350. The number of nitrogens with zero attached hydrogens (tertiary/aromatic N) is 1. The van der Waals surface area contributed by atoms with E-state index in [0.717, 1.165) is 17.1 Å². The van der Waals surface area contributed by atoms with Crippen LogP contribution in [0, 0.1) is 0 Å². The van der Waals surface area contributed by atoms with Gasteiger partial charge < -0.3 is 14.8 Å². The molecule has 1 amide bonds. The lowest BCUT2D eigenvalue weighted by atomic mass is 10.2. The van der Waals surface area contributed by atoms with Crippen LogP contribution in [-0.4, -0.2) is 47.2 Å². The SMILES string of the molecule is COc1ccc(N(CC(=O)NC[C@@H]2CCCO2)S(=O)(=O)c2ccccc2)cc1. The first kappa shape index (κ1) is 20.2. The van der Waals surface area contributed by atoms with Crippen molar-refractivity contribution in [2.24, 2.45) is 0 Å². The summed E-state index contributed by atoms with van der Waals surface area (Å²) in [6, 6.07) is 14.6. The lowest BCUT2D eigenvalue weighted by Crippen LogP contribution is -2.42. The van der Waals surface area contributed by atoms with Crippen LogP contribution in [0.1, 0.15) is 12.8 Å². The number of anilines is 1. The Balaban J connectivity index is 1.82. The van der Waals surface area contributed by atoms with Crippen LogP contribution in [0.3, 0.4) is 0 Å². The molecule has 1 N–H and O–H groups in total. The van der Waals surface area contributed by atoms with Gasteiger partial charge in [-0.2, -0.15) is 0 Å². The van der Waals surface area contributed by atoms with E-state index in [9.17, 15) is 13.2 Å². The van der Waals surface area contributed by atoms with Crippen molar-refractivity contribution in [3.05, 3.63) is 54.6 Å². The quantitative estimate of drug-likeness (QED) is 0.729. The lowest BCUT2D eigenvalue weighted by molar-refractivity contribution is -0.120. The number of carbonyl (C=O) groups excluding carboxylic acids is 1. The maximum Gasteiger partial charge on any atom is 0.264 e. The minimum atomic E-state index is -3.91. The Bertz CT molecular complexity index is 879. The summed E-state index contributed by atoms with van der Waals surface area (Å²) in [6.07, 6.45) is 1.86. The Morgan fingerprint density at radius 3 is 2.50 bits per heavy atom. The minimum absolute atomic E-state index is 0.0101. The molecule has 150 valence electrons. The Morgan fingerprint density at radius 2 is 1.89 bits per heavy atom. The van der Waals surface area contributed by atoms with Crippen LogP contribution in [-0.2, 0) is 19.6 Å². The first-order chi connectivity index (χ1) is 13.5. The summed E-state index contributed by atoms with van der Waals surface area (Å²) in [5.74, 6) is 0.217. The Morgan fingerprint density at radius 1 is 1.18 bits per heavy atom. The zero-order valence-electron chi connectivity index (χ0n) is 15.7. The minimum Gasteiger partial charge on any atom is -0.497 e. The smallest absolute Gasteiger partial charge is 0.264 e. The molecule has 1 fully saturated rings. The maximum absolute atomic E-state index is 13.2. The first-order valence-corrected chi connectivity index (χ1v) is 10.5. The van der Waals surface area contributed by atoms with E-state index in [0.29, 0.717) is 24.6 Å². The number of amides is 1. The Labute approximate surface area is 165 Å². The molecule has 0 aliphatic carbocycles. The van der Waals surface area contributed by atoms with Crippen molar-refractivity contribution in [2.45, 2.75) is 23.8 Å². The van der Waals surface area contributed by atoms with Gasteiger partial charge in [0.2, 0.25) is 5.91 Å². The van der Waals surface area contributed by atoms with Crippen molar-refractivity contribution in [1.29, 1.82) is 0 Å². The molecule has 2 aromatic carbocycles. The average molecular weight is 404 g/mol. The van der Waals surface area contributed by atoms with Gasteiger partial charge in [0.05, 0.1) is 23.8 Å². The molecule has 3 rings (SSSR count). The number of nitrogens with one attached hydrogen (secondary N) is 1. The summed E-state index contributed by atoms with van der Waals surface area (Å²) in [7, 11) is -2.37. The molecule has 0 aromatic heterocycles. The molecule has 7 nitrogen and oxygen atoms in total. The molecule has 2 aromatic rings. The monoisotopic (exact) mass is 404 g/mol. The summed E-state index contributed by atoms with van der Waals surface area (Å²) in [5, 5.41) is 2.78. The highest BCUT2D eigenvalue weighted by Gasteiger charge is 2.27. The molecule has 1 aliphatic heterocycles. The van der Waals surface area contributed by atoms with Gasteiger partial charge in [0, 0.05) is 13.2 Å². The van der Waals surface area contributed by atoms with Crippen LogP contribution in [0.2, 0.25) is 0 Å². The number of hydrogen-bond acceptors (Lipinski definition) is 5. The number of ether oxygens (including phenoxy) is 2. The van der Waals surface area contributed by atoms with E-state index in [2.05, 4.69) is 5.32 Å². The van der Waals surface area contributed by atoms with E-state index in [-0.39, 0.29) is 23.5 Å². The molecule has 1 saturated heterocycles. The third-order valence-corrected chi connectivity index (χ3v) is 6.32. The maximum atomic E-state index is 13.2. The van der Waals surface area contributed by atoms with E-state index in [1.165, 1.54) is 19.2 Å². The van der Waals surface area contributed by atoms with Gasteiger partial charge in [0.15, 0.2) is 0 Å². The molecule has 0 saturated carbocycles. The van der Waals surface area contributed by atoms with Gasteiger partial charge in [-0.05, 0) is 49.2 Å². The second-order valence-corrected chi connectivity index (χ2v) is 8.32. The second kappa shape index (κ2) is 9.07. The van der Waals surface area contributed by atoms with Crippen molar-refractivity contribution in [2.75, 3.05) is 31.1 Å². The standard InChI is InChI=1S/C20H24N2O5S/c1-26-17-11-9-16(10-12-17)22(28(24,25)19-7-3-2-4-8-19)15-20(23)21-14-18-6-5-13-27-18/h2-4,7-12,18H,5-6,13-15H2,1H3,(H,21,23)/t18-/m0/s1. The largest absolute Gasteiger partial charge is 0.497 e. The second-order valence-electron chi connectivity index (χ2n) is 6.46. The summed E-state index contributed by atoms with van der Waals surface area (Å²) >= 11 is 0. The normalized spacial score (nSPS) is 16.5. The predicted molar refractivity (Wildman–Crippen MR) is 106 cm³/mol. The van der Waals surface area contributed by atoms with Gasteiger partial charge >= 0.3 is 0 Å². The fourth-order valence-corrected chi connectivity index (χ4v) is 4.44. The van der Waals surface area contributed by atoms with Crippen molar-refractivity contribution >= 4 is 21.6 Å². The zero-order valence-corrected chi connectivity index (χ0v) is 16.5. The van der Waals surface area contributed by atoms with Gasteiger partial charge in [-0.1, -0.05) is 18.2 Å². The molecule has 1 aliphatic rings. The molecule has 1 heterocycles. The summed E-state index contributed by atoms with van der Waals surface area (Å²) in [5.41, 5.74) is 0.386. The van der Waals surface area contributed by atoms with Crippen molar-refractivity contribution < 1.29 is 22.7 Å². The van der Waals surface area contributed by atoms with Gasteiger partial charge in [0.1, 0.15) is 12.3 Å². The molecule has 0 unspecified atom stereocenters. The Kier molecular flexibility index (Phi) is 6.53. The molecule has 28 heavy (non-hydrogen) atoms. The van der Waals surface area contributed by atoms with Gasteiger partial charge in [-0.25, -0.2) is 8.42 Å². The molecule has 0 spiro atoms. The summed E-state index contributed by atoms with van der Waals surface area (Å²) < 4.78 is 38.1. The number of rotatable bonds is 8. The Hall–Kier alpha value is -2.58. The van der Waals surface area contributed by atoms with Crippen LogP contribution >= 0.6 is 0 Å². The number of methoxy groups -OCH3 is 1. The van der Waals surface area contributed by atoms with Gasteiger partial charge in [-0.15, -0.1) is 0 Å². The van der Waals surface area contributed by atoms with Crippen LogP contribution in [0.4, 0.5) is 5.69 Å². The van der Waals surface area contributed by atoms with Crippen molar-refractivity contribution in [3.8, 4) is 5.75 Å². The van der Waals surface area contributed by atoms with Crippen LogP contribution in [0.25, 0.3) is 0 Å². The molecular weight excluding hydrogens is 380 g/mol. The number of carbonyl (C=O) groups is 1. The average Bonchev–Trinajstić information content (AvgIpc) is 3.25. The fourth-order valence-electron chi connectivity index (χ4n) is 3.00. The highest BCUT2D eigenvalue weighted by Crippen LogP contribution is 2.25. The highest BCUT2D eigenvalue weighted by atomic mass is 32.2. The van der Waals surface area contributed by atoms with E-state index < -0.39 is 10.0 Å². The number of sulfonamides is 1. The van der Waals surface area contributed by atoms with Crippen molar-refractivity contribution in [1.82, 2.24) is 5.32 Å². The third-order valence-electron chi connectivity index (χ3n) is 4.53. The lowest BCUT2D eigenvalue weighted by Gasteiger charge is -2.24. The van der Waals surface area contributed by atoms with Crippen LogP contribution in [0.15, 0.2) is 59.5 Å². The zero-order chi connectivity index (χ0) is 20.0. The number of hydrogen-bond donors (Lipinski definition) is 1. The predicted octanol–water partition coefficient (Wildman–Crippen LogP) is 2.19. The molecule has 1 atom stereocenters. The topological polar surface area (TPSA) is 84.9 Å². The van der Waals surface area contributed by atoms with Gasteiger partial charge in [0.25, 0.3) is 10.0 Å². The van der Waals surface area contributed by atoms with E-state index in [1.807, 2.05) is 0 Å². The first-order valence-electron chi connectivity index (χ1n) is 9.11. The third kappa shape index (κ3) is 4.82. The highest BCUT2D eigenvalue weighted by molar-refractivity contribution is 7.92. The van der Waals surface area contributed by atoms with E-state index in [4.69, 9.17) is 9.47 Å². The van der Waals surface area contributed by atoms with Gasteiger partial charge in [-0.3, -0.25) is 9.10 Å². The van der Waals surface area contributed by atoms with Crippen LogP contribution in [0.5, 0.6) is 5.75 Å². The van der Waals surface area contributed by atoms with Crippen molar-refractivity contribution in [3.63, 3.8) is 0 Å². The van der Waals surface area contributed by atoms with E-state index in [1.54, 1.807) is 42.5 Å². The molecular formula is C20H24N2O5S. The van der Waals surface area contributed by atoms with Crippen LogP contribution < -0.4 is 14.4 Å². The molecule has 0 bridgehead atoms. The summed E-state index contributed by atoms with van der Waals surface area (Å²) in [4.78, 5) is 12.6. The van der Waals surface area contributed by atoms with E-state index >= 15 is 0 Å². The molecule has 8 heteroatoms.